The zero-order chi connectivity index (χ0) is 17.9. The van der Waals surface area contributed by atoms with Crippen LogP contribution in [-0.2, 0) is 6.54 Å². The Morgan fingerprint density at radius 2 is 2.08 bits per heavy atom. The van der Waals surface area contributed by atoms with Gasteiger partial charge in [0.05, 0.1) is 18.3 Å². The van der Waals surface area contributed by atoms with E-state index in [-0.39, 0.29) is 17.6 Å². The summed E-state index contributed by atoms with van der Waals surface area (Å²) in [5.41, 5.74) is 1.31. The van der Waals surface area contributed by atoms with Crippen molar-refractivity contribution in [2.45, 2.75) is 18.7 Å². The van der Waals surface area contributed by atoms with E-state index in [0.29, 0.717) is 32.8 Å². The van der Waals surface area contributed by atoms with E-state index in [9.17, 15) is 9.90 Å². The van der Waals surface area contributed by atoms with Crippen LogP contribution >= 0.6 is 0 Å². The molecule has 1 aromatic heterocycles. The second kappa shape index (κ2) is 7.27. The molecule has 3 heterocycles. The molecule has 136 valence electrons. The third-order valence-corrected chi connectivity index (χ3v) is 4.49. The minimum absolute atomic E-state index is 0.241. The fourth-order valence-electron chi connectivity index (χ4n) is 3.24. The molecular formula is C18H20N4O4. The summed E-state index contributed by atoms with van der Waals surface area (Å²) in [6, 6.07) is 5.52. The molecule has 0 bridgehead atoms. The first-order valence-electron chi connectivity index (χ1n) is 8.55. The molecule has 1 amide bonds. The van der Waals surface area contributed by atoms with E-state index in [1.807, 2.05) is 18.2 Å². The highest BCUT2D eigenvalue weighted by Crippen LogP contribution is 2.31. The molecule has 1 fully saturated rings. The molecule has 0 spiro atoms. The molecule has 2 aliphatic heterocycles. The number of aromatic nitrogens is 2. The molecule has 26 heavy (non-hydrogen) atoms. The second-order valence-electron chi connectivity index (χ2n) is 6.41. The van der Waals surface area contributed by atoms with Crippen molar-refractivity contribution in [2.24, 2.45) is 0 Å². The summed E-state index contributed by atoms with van der Waals surface area (Å²) < 4.78 is 11.1. The van der Waals surface area contributed by atoms with Gasteiger partial charge in [0.1, 0.15) is 18.9 Å². The maximum Gasteiger partial charge on any atom is 0.271 e. The van der Waals surface area contributed by atoms with E-state index in [1.54, 1.807) is 0 Å². The molecule has 0 saturated carbocycles. The molecule has 2 N–H and O–H groups in total. The summed E-state index contributed by atoms with van der Waals surface area (Å²) in [5.74, 6) is 1.18. The first kappa shape index (κ1) is 16.7. The van der Waals surface area contributed by atoms with Crippen LogP contribution < -0.4 is 14.8 Å². The van der Waals surface area contributed by atoms with Gasteiger partial charge in [0.2, 0.25) is 0 Å². The number of fused-ring (bicyclic) bond motifs is 1. The van der Waals surface area contributed by atoms with E-state index >= 15 is 0 Å². The third-order valence-electron chi connectivity index (χ3n) is 4.49. The van der Waals surface area contributed by atoms with Gasteiger partial charge < -0.3 is 19.9 Å². The average Bonchev–Trinajstić information content (AvgIpc) is 3.01. The van der Waals surface area contributed by atoms with Gasteiger partial charge in [-0.2, -0.15) is 0 Å². The number of aliphatic hydroxyl groups is 1. The minimum atomic E-state index is -0.632. The molecule has 8 nitrogen and oxygen atoms in total. The Balaban J connectivity index is 1.37. The van der Waals surface area contributed by atoms with Crippen LogP contribution in [-0.4, -0.2) is 64.3 Å². The van der Waals surface area contributed by atoms with Crippen LogP contribution in [0.1, 0.15) is 16.1 Å². The molecule has 0 unspecified atom stereocenters. The normalized spacial score (nSPS) is 22.2. The molecule has 1 saturated heterocycles. The quantitative estimate of drug-likeness (QED) is 0.809. The molecule has 0 aliphatic carbocycles. The molecule has 2 aromatic rings. The number of amides is 1. The Morgan fingerprint density at radius 1 is 1.23 bits per heavy atom. The number of benzene rings is 1. The Labute approximate surface area is 150 Å². The second-order valence-corrected chi connectivity index (χ2v) is 6.41. The van der Waals surface area contributed by atoms with E-state index < -0.39 is 6.10 Å². The highest BCUT2D eigenvalue weighted by atomic mass is 16.6. The molecule has 8 heteroatoms. The predicted octanol–water partition coefficient (Wildman–Crippen LogP) is 0.223. The smallest absolute Gasteiger partial charge is 0.271 e. The number of carbonyl (C=O) groups excluding carboxylic acids is 1. The van der Waals surface area contributed by atoms with Crippen molar-refractivity contribution < 1.29 is 19.4 Å². The number of hydrogen-bond donors (Lipinski definition) is 2. The summed E-state index contributed by atoms with van der Waals surface area (Å²) in [5, 5.41) is 13.1. The van der Waals surface area contributed by atoms with Crippen LogP contribution in [0.4, 0.5) is 0 Å². The number of ether oxygens (including phenoxy) is 2. The van der Waals surface area contributed by atoms with Gasteiger partial charge in [-0.3, -0.25) is 14.7 Å². The molecule has 4 rings (SSSR count). The van der Waals surface area contributed by atoms with Gasteiger partial charge in [-0.15, -0.1) is 0 Å². The van der Waals surface area contributed by atoms with Gasteiger partial charge in [-0.1, -0.05) is 6.07 Å². The van der Waals surface area contributed by atoms with Crippen molar-refractivity contribution >= 4 is 5.91 Å². The van der Waals surface area contributed by atoms with Gasteiger partial charge in [-0.25, -0.2) is 4.98 Å². The predicted molar refractivity (Wildman–Crippen MR) is 92.0 cm³/mol. The summed E-state index contributed by atoms with van der Waals surface area (Å²) in [7, 11) is 0. The van der Waals surface area contributed by atoms with Crippen molar-refractivity contribution in [3.63, 3.8) is 0 Å². The molecule has 2 atom stereocenters. The van der Waals surface area contributed by atoms with Crippen molar-refractivity contribution in [1.29, 1.82) is 0 Å². The van der Waals surface area contributed by atoms with Crippen molar-refractivity contribution in [3.05, 3.63) is 48.0 Å². The molecule has 2 aliphatic rings. The van der Waals surface area contributed by atoms with E-state index in [0.717, 1.165) is 17.1 Å². The Bertz CT molecular complexity index is 786. The van der Waals surface area contributed by atoms with E-state index in [2.05, 4.69) is 20.2 Å². The van der Waals surface area contributed by atoms with E-state index in [1.165, 1.54) is 18.6 Å². The monoisotopic (exact) mass is 356 g/mol. The number of likely N-dealkylation sites (tertiary alicyclic amines) is 1. The van der Waals surface area contributed by atoms with Gasteiger partial charge in [-0.05, 0) is 17.7 Å². The van der Waals surface area contributed by atoms with Crippen molar-refractivity contribution in [2.75, 3.05) is 26.3 Å². The maximum absolute atomic E-state index is 12.2. The van der Waals surface area contributed by atoms with Gasteiger partial charge in [0, 0.05) is 32.0 Å². The average molecular weight is 356 g/mol. The lowest BCUT2D eigenvalue weighted by atomic mass is 10.2. The van der Waals surface area contributed by atoms with Gasteiger partial charge >= 0.3 is 0 Å². The summed E-state index contributed by atoms with van der Waals surface area (Å²) in [6.07, 6.45) is 3.75. The number of carbonyl (C=O) groups is 1. The first-order valence-corrected chi connectivity index (χ1v) is 8.55. The Kier molecular flexibility index (Phi) is 4.68. The Morgan fingerprint density at radius 3 is 2.88 bits per heavy atom. The maximum atomic E-state index is 12.2. The fourth-order valence-corrected chi connectivity index (χ4v) is 3.24. The number of hydrogen-bond acceptors (Lipinski definition) is 7. The van der Waals surface area contributed by atoms with Crippen LogP contribution in [0, 0.1) is 0 Å². The summed E-state index contributed by atoms with van der Waals surface area (Å²) in [6.45, 7) is 2.82. The van der Waals surface area contributed by atoms with Gasteiger partial charge in [0.25, 0.3) is 5.91 Å². The first-order chi connectivity index (χ1) is 12.7. The minimum Gasteiger partial charge on any atom is -0.486 e. The number of nitrogens with zero attached hydrogens (tertiary/aromatic N) is 3. The number of aliphatic hydroxyl groups excluding tert-OH is 1. The molecule has 0 radical (unpaired) electrons. The standard InChI is InChI=1S/C18H20N4O4/c23-15-11-22(9-12-1-2-16-17(7-12)26-6-5-25-16)10-14(15)21-18(24)13-8-19-3-4-20-13/h1-4,7-8,14-15,23H,5-6,9-11H2,(H,21,24)/t14-,15-/m1/s1. The lowest BCUT2D eigenvalue weighted by Crippen LogP contribution is -2.43. The van der Waals surface area contributed by atoms with Crippen LogP contribution in [0.5, 0.6) is 11.5 Å². The van der Waals surface area contributed by atoms with Crippen LogP contribution in [0.15, 0.2) is 36.8 Å². The number of β-amino-alcohol motifs (C(OH)–C–C–N with tert-alkyl or cyclic N) is 1. The largest absolute Gasteiger partial charge is 0.486 e. The van der Waals surface area contributed by atoms with E-state index in [4.69, 9.17) is 9.47 Å². The van der Waals surface area contributed by atoms with Crippen LogP contribution in [0.2, 0.25) is 0 Å². The lowest BCUT2D eigenvalue weighted by Gasteiger charge is -2.20. The van der Waals surface area contributed by atoms with Crippen molar-refractivity contribution in [1.82, 2.24) is 20.2 Å². The SMILES string of the molecule is O=C(N[C@@H]1CN(Cc2ccc3c(c2)OCCO3)C[C@H]1O)c1cnccn1. The number of nitrogens with one attached hydrogen (secondary N) is 1. The zero-order valence-corrected chi connectivity index (χ0v) is 14.2. The Hall–Kier alpha value is -2.71. The lowest BCUT2D eigenvalue weighted by molar-refractivity contribution is 0.0883. The van der Waals surface area contributed by atoms with Crippen LogP contribution in [0.3, 0.4) is 0 Å². The van der Waals surface area contributed by atoms with Crippen LogP contribution in [0.25, 0.3) is 0 Å². The summed E-state index contributed by atoms with van der Waals surface area (Å²) in [4.78, 5) is 22.2. The highest BCUT2D eigenvalue weighted by Gasteiger charge is 2.32. The fraction of sp³-hybridized carbons (Fsp3) is 0.389. The zero-order valence-electron chi connectivity index (χ0n) is 14.2. The molecule has 1 aromatic carbocycles. The highest BCUT2D eigenvalue weighted by molar-refractivity contribution is 5.92. The topological polar surface area (TPSA) is 96.8 Å². The molecular weight excluding hydrogens is 336 g/mol. The van der Waals surface area contributed by atoms with Gasteiger partial charge in [0.15, 0.2) is 11.5 Å². The summed E-state index contributed by atoms with van der Waals surface area (Å²) >= 11 is 0. The van der Waals surface area contributed by atoms with Crippen molar-refractivity contribution in [3.8, 4) is 11.5 Å². The number of rotatable bonds is 4. The third kappa shape index (κ3) is 3.61.